The van der Waals surface area contributed by atoms with Crippen molar-refractivity contribution in [1.29, 1.82) is 0 Å². The molecule has 0 unspecified atom stereocenters. The lowest BCUT2D eigenvalue weighted by Crippen LogP contribution is -2.39. The molecule has 1 aliphatic heterocycles. The number of carbonyl (C=O) groups excluding carboxylic acids is 3. The lowest BCUT2D eigenvalue weighted by atomic mass is 10.1. The van der Waals surface area contributed by atoms with Crippen molar-refractivity contribution >= 4 is 34.7 Å². The molecule has 2 heterocycles. The molecule has 1 atom stereocenters. The Morgan fingerprint density at radius 2 is 2.04 bits per heavy atom. The summed E-state index contributed by atoms with van der Waals surface area (Å²) in [6.45, 7) is 1.55. The predicted octanol–water partition coefficient (Wildman–Crippen LogP) is 2.57. The highest BCUT2D eigenvalue weighted by atomic mass is 32.1. The Hall–Kier alpha value is -2.67. The van der Waals surface area contributed by atoms with Crippen molar-refractivity contribution in [1.82, 2.24) is 0 Å². The Morgan fingerprint density at radius 3 is 2.79 bits per heavy atom. The summed E-state index contributed by atoms with van der Waals surface area (Å²) in [4.78, 5) is 37.3. The van der Waals surface area contributed by atoms with Gasteiger partial charge in [-0.3, -0.25) is 14.4 Å². The van der Waals surface area contributed by atoms with Gasteiger partial charge in [0, 0.05) is 4.88 Å². The van der Waals surface area contributed by atoms with E-state index in [-0.39, 0.29) is 18.8 Å². The van der Waals surface area contributed by atoms with E-state index in [0.717, 1.165) is 4.88 Å². The van der Waals surface area contributed by atoms with Crippen LogP contribution in [0.5, 0.6) is 5.75 Å². The van der Waals surface area contributed by atoms with Gasteiger partial charge in [-0.15, -0.1) is 11.3 Å². The number of anilines is 1. The lowest BCUT2D eigenvalue weighted by molar-refractivity contribution is -0.146. The van der Waals surface area contributed by atoms with E-state index in [1.54, 1.807) is 30.3 Å². The normalized spacial score (nSPS) is 15.9. The summed E-state index contributed by atoms with van der Waals surface area (Å²) in [7, 11) is 0. The molecule has 7 heteroatoms. The number of fused-ring (bicyclic) bond motifs is 1. The summed E-state index contributed by atoms with van der Waals surface area (Å²) in [6, 6.07) is 10.5. The van der Waals surface area contributed by atoms with Crippen LogP contribution in [0.25, 0.3) is 0 Å². The molecule has 0 fully saturated rings. The number of esters is 1. The van der Waals surface area contributed by atoms with Gasteiger partial charge in [-0.2, -0.15) is 0 Å². The van der Waals surface area contributed by atoms with Gasteiger partial charge in [-0.05, 0) is 31.2 Å². The van der Waals surface area contributed by atoms with Crippen LogP contribution >= 0.6 is 11.3 Å². The molecule has 6 nitrogen and oxygen atoms in total. The SMILES string of the molecule is Cc1ccc(C(=O)COC(=O)C[C@H]2Oc3ccccc3NC2=O)s1. The van der Waals surface area contributed by atoms with E-state index in [1.165, 1.54) is 11.3 Å². The van der Waals surface area contributed by atoms with Gasteiger partial charge in [0.15, 0.2) is 12.7 Å². The van der Waals surface area contributed by atoms with Crippen molar-refractivity contribution in [2.75, 3.05) is 11.9 Å². The maximum absolute atomic E-state index is 11.9. The number of hydrogen-bond acceptors (Lipinski definition) is 6. The summed E-state index contributed by atoms with van der Waals surface area (Å²) >= 11 is 1.35. The fraction of sp³-hybridized carbons (Fsp3) is 0.235. The Kier molecular flexibility index (Phi) is 4.61. The summed E-state index contributed by atoms with van der Waals surface area (Å²) in [6.07, 6.45) is -1.22. The molecular weight excluding hydrogens is 330 g/mol. The lowest BCUT2D eigenvalue weighted by Gasteiger charge is -2.25. The minimum atomic E-state index is -0.966. The molecule has 1 N–H and O–H groups in total. The number of rotatable bonds is 5. The van der Waals surface area contributed by atoms with Gasteiger partial charge in [0.2, 0.25) is 5.78 Å². The largest absolute Gasteiger partial charge is 0.478 e. The van der Waals surface area contributed by atoms with E-state index in [4.69, 9.17) is 9.47 Å². The van der Waals surface area contributed by atoms with Crippen LogP contribution in [0, 0.1) is 6.92 Å². The van der Waals surface area contributed by atoms with Crippen molar-refractivity contribution < 1.29 is 23.9 Å². The van der Waals surface area contributed by atoms with E-state index in [1.807, 2.05) is 13.0 Å². The molecule has 1 aliphatic rings. The zero-order valence-electron chi connectivity index (χ0n) is 12.9. The van der Waals surface area contributed by atoms with Gasteiger partial charge in [0.25, 0.3) is 5.91 Å². The number of ketones is 1. The van der Waals surface area contributed by atoms with Crippen LogP contribution in [-0.4, -0.2) is 30.4 Å². The first kappa shape index (κ1) is 16.2. The number of amides is 1. The van der Waals surface area contributed by atoms with Crippen molar-refractivity contribution in [3.05, 3.63) is 46.2 Å². The van der Waals surface area contributed by atoms with Gasteiger partial charge < -0.3 is 14.8 Å². The van der Waals surface area contributed by atoms with Crippen LogP contribution < -0.4 is 10.1 Å². The Morgan fingerprint density at radius 1 is 1.25 bits per heavy atom. The molecule has 24 heavy (non-hydrogen) atoms. The minimum Gasteiger partial charge on any atom is -0.478 e. The van der Waals surface area contributed by atoms with E-state index >= 15 is 0 Å². The molecule has 0 saturated carbocycles. The molecule has 124 valence electrons. The third-order valence-electron chi connectivity index (χ3n) is 3.44. The summed E-state index contributed by atoms with van der Waals surface area (Å²) in [5.41, 5.74) is 0.565. The third-order valence-corrected chi connectivity index (χ3v) is 4.48. The van der Waals surface area contributed by atoms with Gasteiger partial charge in [-0.25, -0.2) is 0 Å². The summed E-state index contributed by atoms with van der Waals surface area (Å²) < 4.78 is 10.5. The van der Waals surface area contributed by atoms with E-state index in [9.17, 15) is 14.4 Å². The maximum atomic E-state index is 11.9. The number of nitrogens with one attached hydrogen (secondary N) is 1. The molecule has 3 rings (SSSR count). The highest BCUT2D eigenvalue weighted by Crippen LogP contribution is 2.29. The standard InChI is InChI=1S/C17H15NO5S/c1-10-6-7-15(24-10)12(19)9-22-16(20)8-14-17(21)18-11-4-2-3-5-13(11)23-14/h2-7,14H,8-9H2,1H3,(H,18,21)/t14-/m1/s1. The van der Waals surface area contributed by atoms with Crippen molar-refractivity contribution in [3.8, 4) is 5.75 Å². The number of para-hydroxylation sites is 2. The van der Waals surface area contributed by atoms with Gasteiger partial charge in [0.05, 0.1) is 17.0 Å². The van der Waals surface area contributed by atoms with Gasteiger partial charge >= 0.3 is 5.97 Å². The first-order chi connectivity index (χ1) is 11.5. The molecular formula is C17H15NO5S. The maximum Gasteiger partial charge on any atom is 0.310 e. The van der Waals surface area contributed by atoms with Gasteiger partial charge in [-0.1, -0.05) is 12.1 Å². The average Bonchev–Trinajstić information content (AvgIpc) is 3.00. The molecule has 0 radical (unpaired) electrons. The van der Waals surface area contributed by atoms with Crippen LogP contribution in [0.1, 0.15) is 21.0 Å². The monoisotopic (exact) mass is 345 g/mol. The number of ether oxygens (including phenoxy) is 2. The highest BCUT2D eigenvalue weighted by molar-refractivity contribution is 7.14. The van der Waals surface area contributed by atoms with Crippen LogP contribution in [0.15, 0.2) is 36.4 Å². The second kappa shape index (κ2) is 6.84. The van der Waals surface area contributed by atoms with Gasteiger partial charge in [0.1, 0.15) is 5.75 Å². The minimum absolute atomic E-state index is 0.253. The topological polar surface area (TPSA) is 81.7 Å². The quantitative estimate of drug-likeness (QED) is 0.665. The molecule has 0 bridgehead atoms. The average molecular weight is 345 g/mol. The number of thiophene rings is 1. The Balaban J connectivity index is 1.54. The van der Waals surface area contributed by atoms with Crippen LogP contribution in [0.3, 0.4) is 0 Å². The van der Waals surface area contributed by atoms with E-state index in [0.29, 0.717) is 16.3 Å². The molecule has 1 aromatic heterocycles. The molecule has 0 spiro atoms. The molecule has 1 aromatic carbocycles. The first-order valence-corrected chi connectivity index (χ1v) is 8.16. The second-order valence-corrected chi connectivity index (χ2v) is 6.58. The van der Waals surface area contributed by atoms with E-state index in [2.05, 4.69) is 5.32 Å². The number of aryl methyl sites for hydroxylation is 1. The second-order valence-electron chi connectivity index (χ2n) is 5.29. The van der Waals surface area contributed by atoms with E-state index < -0.39 is 18.0 Å². The number of benzene rings is 1. The number of hydrogen-bond donors (Lipinski definition) is 1. The molecule has 1 amide bonds. The van der Waals surface area contributed by atoms with Crippen LogP contribution in [0.2, 0.25) is 0 Å². The highest BCUT2D eigenvalue weighted by Gasteiger charge is 2.30. The predicted molar refractivity (Wildman–Crippen MR) is 88.5 cm³/mol. The Labute approximate surface area is 142 Å². The third kappa shape index (κ3) is 3.62. The zero-order valence-corrected chi connectivity index (χ0v) is 13.7. The van der Waals surface area contributed by atoms with Crippen molar-refractivity contribution in [2.24, 2.45) is 0 Å². The fourth-order valence-corrected chi connectivity index (χ4v) is 3.03. The number of Topliss-reactive ketones (excluding diaryl/α,β-unsaturated/α-hetero) is 1. The molecule has 0 saturated heterocycles. The molecule has 0 aliphatic carbocycles. The summed E-state index contributed by atoms with van der Waals surface area (Å²) in [5.74, 6) is -0.831. The summed E-state index contributed by atoms with van der Waals surface area (Å²) in [5, 5.41) is 2.67. The Bertz CT molecular complexity index is 798. The van der Waals surface area contributed by atoms with Crippen LogP contribution in [0.4, 0.5) is 5.69 Å². The fourth-order valence-electron chi connectivity index (χ4n) is 2.24. The smallest absolute Gasteiger partial charge is 0.310 e. The van der Waals surface area contributed by atoms with Crippen molar-refractivity contribution in [2.45, 2.75) is 19.4 Å². The molecule has 2 aromatic rings. The van der Waals surface area contributed by atoms with Crippen molar-refractivity contribution in [3.63, 3.8) is 0 Å². The van der Waals surface area contributed by atoms with Crippen LogP contribution in [-0.2, 0) is 14.3 Å². The number of carbonyl (C=O) groups is 3. The zero-order chi connectivity index (χ0) is 17.1. The first-order valence-electron chi connectivity index (χ1n) is 7.35.